The van der Waals surface area contributed by atoms with Crippen molar-refractivity contribution in [1.29, 1.82) is 0 Å². The van der Waals surface area contributed by atoms with Crippen LogP contribution in [0.5, 0.6) is 0 Å². The molecule has 0 spiro atoms. The Bertz CT molecular complexity index is 476. The molecule has 0 aliphatic carbocycles. The van der Waals surface area contributed by atoms with Gasteiger partial charge in [0.1, 0.15) is 0 Å². The van der Waals surface area contributed by atoms with Gasteiger partial charge in [0, 0.05) is 18.7 Å². The third kappa shape index (κ3) is 4.95. The van der Waals surface area contributed by atoms with E-state index in [0.717, 1.165) is 25.9 Å². The van der Waals surface area contributed by atoms with Crippen LogP contribution in [0.4, 0.5) is 0 Å². The number of carbonyl (C=O) groups excluding carboxylic acids is 2. The highest BCUT2D eigenvalue weighted by molar-refractivity contribution is 5.99. The first kappa shape index (κ1) is 15.7. The lowest BCUT2D eigenvalue weighted by Crippen LogP contribution is -2.44. The van der Waals surface area contributed by atoms with Gasteiger partial charge in [-0.25, -0.2) is 0 Å². The molecule has 2 N–H and O–H groups in total. The van der Waals surface area contributed by atoms with Gasteiger partial charge >= 0.3 is 0 Å². The molecule has 0 saturated carbocycles. The number of nitrogens with zero attached hydrogens (tertiary/aromatic N) is 1. The van der Waals surface area contributed by atoms with Gasteiger partial charge in [0.2, 0.25) is 5.91 Å². The number of nitrogens with one attached hydrogen (secondary N) is 1. The molecule has 1 aliphatic rings. The summed E-state index contributed by atoms with van der Waals surface area (Å²) in [6.07, 6.45) is 2.02. The van der Waals surface area contributed by atoms with Crippen LogP contribution in [0.3, 0.4) is 0 Å². The predicted octanol–water partition coefficient (Wildman–Crippen LogP) is 0.690. The van der Waals surface area contributed by atoms with E-state index in [9.17, 15) is 14.7 Å². The Morgan fingerprint density at radius 1 is 1.29 bits per heavy atom. The van der Waals surface area contributed by atoms with Crippen LogP contribution in [0, 0.1) is 5.92 Å². The van der Waals surface area contributed by atoms with E-state index in [1.54, 1.807) is 24.3 Å². The number of ketones is 1. The van der Waals surface area contributed by atoms with Crippen LogP contribution in [0.15, 0.2) is 30.3 Å². The van der Waals surface area contributed by atoms with Crippen LogP contribution in [-0.2, 0) is 4.79 Å². The van der Waals surface area contributed by atoms with E-state index in [1.165, 1.54) is 0 Å². The van der Waals surface area contributed by atoms with Crippen LogP contribution in [0.1, 0.15) is 23.2 Å². The summed E-state index contributed by atoms with van der Waals surface area (Å²) in [5.41, 5.74) is 0.608. The summed E-state index contributed by atoms with van der Waals surface area (Å²) < 4.78 is 0. The fourth-order valence-electron chi connectivity index (χ4n) is 2.61. The molecule has 5 nitrogen and oxygen atoms in total. The Labute approximate surface area is 125 Å². The number of hydrogen-bond donors (Lipinski definition) is 2. The molecule has 1 unspecified atom stereocenters. The largest absolute Gasteiger partial charge is 0.396 e. The van der Waals surface area contributed by atoms with E-state index in [1.807, 2.05) is 11.0 Å². The van der Waals surface area contributed by atoms with Crippen LogP contribution < -0.4 is 5.32 Å². The number of aliphatic hydroxyl groups excluding tert-OH is 1. The molecule has 0 aromatic heterocycles. The van der Waals surface area contributed by atoms with E-state index in [-0.39, 0.29) is 30.8 Å². The molecule has 1 fully saturated rings. The maximum Gasteiger partial charge on any atom is 0.234 e. The van der Waals surface area contributed by atoms with Crippen molar-refractivity contribution in [3.8, 4) is 0 Å². The quantitative estimate of drug-likeness (QED) is 0.756. The molecular weight excluding hydrogens is 268 g/mol. The molecule has 1 saturated heterocycles. The maximum absolute atomic E-state index is 11.9. The summed E-state index contributed by atoms with van der Waals surface area (Å²) >= 11 is 0. The zero-order valence-electron chi connectivity index (χ0n) is 12.1. The number of piperidine rings is 1. The van der Waals surface area contributed by atoms with Crippen molar-refractivity contribution in [2.45, 2.75) is 12.8 Å². The highest BCUT2D eigenvalue weighted by Gasteiger charge is 2.21. The molecule has 21 heavy (non-hydrogen) atoms. The predicted molar refractivity (Wildman–Crippen MR) is 80.0 cm³/mol. The van der Waals surface area contributed by atoms with Crippen molar-refractivity contribution >= 4 is 11.7 Å². The van der Waals surface area contributed by atoms with Gasteiger partial charge < -0.3 is 10.4 Å². The third-order valence-corrected chi connectivity index (χ3v) is 3.77. The minimum absolute atomic E-state index is 0.0279. The Morgan fingerprint density at radius 3 is 2.76 bits per heavy atom. The van der Waals surface area contributed by atoms with E-state index >= 15 is 0 Å². The molecule has 1 aromatic carbocycles. The Morgan fingerprint density at radius 2 is 2.05 bits per heavy atom. The summed E-state index contributed by atoms with van der Waals surface area (Å²) in [6, 6.07) is 8.94. The van der Waals surface area contributed by atoms with Crippen molar-refractivity contribution in [2.75, 3.05) is 32.8 Å². The fraction of sp³-hybridized carbons (Fsp3) is 0.500. The van der Waals surface area contributed by atoms with E-state index in [0.29, 0.717) is 12.1 Å². The number of carbonyl (C=O) groups is 2. The average molecular weight is 290 g/mol. The molecule has 0 bridgehead atoms. The second kappa shape index (κ2) is 7.90. The summed E-state index contributed by atoms with van der Waals surface area (Å²) in [4.78, 5) is 25.8. The molecule has 1 amide bonds. The highest BCUT2D eigenvalue weighted by atomic mass is 16.3. The number of rotatable bonds is 6. The first-order chi connectivity index (χ1) is 10.2. The summed E-state index contributed by atoms with van der Waals surface area (Å²) in [6.45, 7) is 2.11. The van der Waals surface area contributed by atoms with Crippen LogP contribution >= 0.6 is 0 Å². The minimum atomic E-state index is -0.141. The number of amides is 1. The smallest absolute Gasteiger partial charge is 0.234 e. The molecule has 1 atom stereocenters. The van der Waals surface area contributed by atoms with Crippen LogP contribution in [0.2, 0.25) is 0 Å². The van der Waals surface area contributed by atoms with Gasteiger partial charge in [0.25, 0.3) is 0 Å². The fourth-order valence-corrected chi connectivity index (χ4v) is 2.61. The molecule has 1 aliphatic heterocycles. The second-order valence-corrected chi connectivity index (χ2v) is 5.49. The highest BCUT2D eigenvalue weighted by Crippen LogP contribution is 2.15. The van der Waals surface area contributed by atoms with Crippen molar-refractivity contribution in [2.24, 2.45) is 5.92 Å². The molecule has 0 radical (unpaired) electrons. The molecule has 114 valence electrons. The van der Waals surface area contributed by atoms with Crippen molar-refractivity contribution in [1.82, 2.24) is 10.2 Å². The lowest BCUT2D eigenvalue weighted by atomic mass is 9.99. The first-order valence-corrected chi connectivity index (χ1v) is 7.37. The average Bonchev–Trinajstić information content (AvgIpc) is 2.53. The summed E-state index contributed by atoms with van der Waals surface area (Å²) in [5.74, 6) is 0.0335. The lowest BCUT2D eigenvalue weighted by molar-refractivity contribution is -0.122. The number of likely N-dealkylation sites (tertiary alicyclic amines) is 1. The maximum atomic E-state index is 11.9. The Kier molecular flexibility index (Phi) is 5.90. The van der Waals surface area contributed by atoms with Gasteiger partial charge in [-0.2, -0.15) is 0 Å². The second-order valence-electron chi connectivity index (χ2n) is 5.49. The number of hydrogen-bond acceptors (Lipinski definition) is 4. The van der Waals surface area contributed by atoms with Gasteiger partial charge in [-0.05, 0) is 25.3 Å². The normalized spacial score (nSPS) is 19.2. The van der Waals surface area contributed by atoms with E-state index in [4.69, 9.17) is 0 Å². The summed E-state index contributed by atoms with van der Waals surface area (Å²) in [7, 11) is 0. The van der Waals surface area contributed by atoms with Crippen LogP contribution in [-0.4, -0.2) is 54.5 Å². The van der Waals surface area contributed by atoms with E-state index in [2.05, 4.69) is 5.32 Å². The summed E-state index contributed by atoms with van der Waals surface area (Å²) in [5, 5.41) is 11.8. The molecule has 2 rings (SSSR count). The van der Waals surface area contributed by atoms with E-state index < -0.39 is 0 Å². The number of Topliss-reactive ketones (excluding diaryl/α,β-unsaturated/α-hetero) is 1. The van der Waals surface area contributed by atoms with Gasteiger partial charge in [-0.15, -0.1) is 0 Å². The lowest BCUT2D eigenvalue weighted by Gasteiger charge is -2.31. The third-order valence-electron chi connectivity index (χ3n) is 3.77. The first-order valence-electron chi connectivity index (χ1n) is 7.37. The monoisotopic (exact) mass is 290 g/mol. The van der Waals surface area contributed by atoms with Gasteiger partial charge in [0.05, 0.1) is 13.1 Å². The number of aliphatic hydroxyl groups is 1. The number of benzene rings is 1. The minimum Gasteiger partial charge on any atom is -0.396 e. The standard InChI is InChI=1S/C16H22N2O3/c19-12-13-5-4-8-18(10-13)11-16(21)17-9-15(20)14-6-2-1-3-7-14/h1-3,6-7,13,19H,4-5,8-12H2,(H,17,21). The van der Waals surface area contributed by atoms with Crippen LogP contribution in [0.25, 0.3) is 0 Å². The molecule has 5 heteroatoms. The van der Waals surface area contributed by atoms with Gasteiger partial charge in [-0.1, -0.05) is 30.3 Å². The molecule has 1 aromatic rings. The van der Waals surface area contributed by atoms with Crippen molar-refractivity contribution in [3.63, 3.8) is 0 Å². The zero-order chi connectivity index (χ0) is 15.1. The SMILES string of the molecule is O=C(CN1CCCC(CO)C1)NCC(=O)c1ccccc1. The Hall–Kier alpha value is -1.72. The van der Waals surface area contributed by atoms with Gasteiger partial charge in [-0.3, -0.25) is 14.5 Å². The molecule has 1 heterocycles. The van der Waals surface area contributed by atoms with Crippen molar-refractivity contribution in [3.05, 3.63) is 35.9 Å². The molecular formula is C16H22N2O3. The topological polar surface area (TPSA) is 69.6 Å². The van der Waals surface area contributed by atoms with Crippen molar-refractivity contribution < 1.29 is 14.7 Å². The van der Waals surface area contributed by atoms with Gasteiger partial charge in [0.15, 0.2) is 5.78 Å². The zero-order valence-corrected chi connectivity index (χ0v) is 12.1. The Balaban J connectivity index is 1.73.